The minimum atomic E-state index is -0.251. The highest BCUT2D eigenvalue weighted by Gasteiger charge is 2.21. The summed E-state index contributed by atoms with van der Waals surface area (Å²) >= 11 is 0. The molecule has 1 aliphatic rings. The van der Waals surface area contributed by atoms with Crippen molar-refractivity contribution in [2.45, 2.75) is 26.7 Å². The Hall–Kier alpha value is -3.28. The summed E-state index contributed by atoms with van der Waals surface area (Å²) in [5.41, 5.74) is 2.29. The number of carbonyl (C=O) groups excluding carboxylic acids is 2. The van der Waals surface area contributed by atoms with Gasteiger partial charge in [0, 0.05) is 30.4 Å². The van der Waals surface area contributed by atoms with Gasteiger partial charge in [0.1, 0.15) is 0 Å². The Morgan fingerprint density at radius 2 is 2.03 bits per heavy atom. The van der Waals surface area contributed by atoms with Gasteiger partial charge in [-0.05, 0) is 54.3 Å². The third-order valence-corrected chi connectivity index (χ3v) is 4.69. The second-order valence-electron chi connectivity index (χ2n) is 7.64. The average molecular weight is 408 g/mol. The van der Waals surface area contributed by atoms with Crippen LogP contribution in [0.15, 0.2) is 48.5 Å². The van der Waals surface area contributed by atoms with Gasteiger partial charge in [0.2, 0.25) is 11.8 Å². The highest BCUT2D eigenvalue weighted by Crippen LogP contribution is 2.29. The lowest BCUT2D eigenvalue weighted by Crippen LogP contribution is -2.23. The first-order chi connectivity index (χ1) is 14.5. The molecule has 0 saturated carbocycles. The smallest absolute Gasteiger partial charge is 0.248 e. The second-order valence-corrected chi connectivity index (χ2v) is 7.64. The van der Waals surface area contributed by atoms with E-state index >= 15 is 0 Å². The zero-order valence-electron chi connectivity index (χ0n) is 17.7. The Morgan fingerprint density at radius 3 is 2.73 bits per heavy atom. The van der Waals surface area contributed by atoms with E-state index in [0.717, 1.165) is 24.2 Å². The molecule has 0 aliphatic carbocycles. The molecule has 0 unspecified atom stereocenters. The second kappa shape index (κ2) is 9.96. The van der Waals surface area contributed by atoms with Crippen LogP contribution in [0, 0.1) is 5.92 Å². The first-order valence-corrected chi connectivity index (χ1v) is 10.2. The minimum absolute atomic E-state index is 0.119. The van der Waals surface area contributed by atoms with Crippen molar-refractivity contribution >= 4 is 29.3 Å². The Bertz CT molecular complexity index is 937. The van der Waals surface area contributed by atoms with Gasteiger partial charge in [0.25, 0.3) is 0 Å². The van der Waals surface area contributed by atoms with Crippen molar-refractivity contribution in [3.05, 3.63) is 54.1 Å². The van der Waals surface area contributed by atoms with Crippen LogP contribution in [-0.4, -0.2) is 32.1 Å². The van der Waals surface area contributed by atoms with E-state index in [1.165, 1.54) is 6.08 Å². The molecular formula is C24H28N2O4. The van der Waals surface area contributed by atoms with Gasteiger partial charge in [-0.3, -0.25) is 9.59 Å². The fraction of sp³-hybridized carbons (Fsp3) is 0.333. The fourth-order valence-corrected chi connectivity index (χ4v) is 3.19. The Balaban J connectivity index is 1.64. The van der Waals surface area contributed by atoms with E-state index in [1.807, 2.05) is 36.4 Å². The Kier molecular flexibility index (Phi) is 7.12. The summed E-state index contributed by atoms with van der Waals surface area (Å²) in [5.74, 6) is 1.59. The molecule has 0 aromatic heterocycles. The Labute approximate surface area is 177 Å². The first-order valence-electron chi connectivity index (χ1n) is 10.2. The van der Waals surface area contributed by atoms with Gasteiger partial charge in [-0.1, -0.05) is 26.0 Å². The van der Waals surface area contributed by atoms with E-state index in [0.29, 0.717) is 36.1 Å². The van der Waals surface area contributed by atoms with Crippen molar-refractivity contribution < 1.29 is 19.1 Å². The number of hydrogen-bond acceptors (Lipinski definition) is 4. The number of rotatable bonds is 8. The zero-order valence-corrected chi connectivity index (χ0v) is 17.7. The third kappa shape index (κ3) is 5.63. The normalized spacial score (nSPS) is 13.9. The van der Waals surface area contributed by atoms with Crippen LogP contribution < -0.4 is 19.7 Å². The van der Waals surface area contributed by atoms with Crippen LogP contribution >= 0.6 is 0 Å². The van der Waals surface area contributed by atoms with E-state index in [2.05, 4.69) is 19.2 Å². The van der Waals surface area contributed by atoms with Crippen molar-refractivity contribution in [3.63, 3.8) is 0 Å². The molecule has 1 aliphatic heterocycles. The third-order valence-electron chi connectivity index (χ3n) is 4.69. The largest absolute Gasteiger partial charge is 0.493 e. The molecule has 1 N–H and O–H groups in total. The maximum atomic E-state index is 12.3. The molecular weight excluding hydrogens is 380 g/mol. The predicted octanol–water partition coefficient (Wildman–Crippen LogP) is 4.51. The number of anilines is 2. The highest BCUT2D eigenvalue weighted by atomic mass is 16.5. The number of amides is 2. The lowest BCUT2D eigenvalue weighted by molar-refractivity contribution is -0.117. The highest BCUT2D eigenvalue weighted by molar-refractivity contribution is 6.02. The summed E-state index contributed by atoms with van der Waals surface area (Å²) in [7, 11) is 1.59. The van der Waals surface area contributed by atoms with Gasteiger partial charge >= 0.3 is 0 Å². The minimum Gasteiger partial charge on any atom is -0.493 e. The van der Waals surface area contributed by atoms with Crippen LogP contribution in [0.4, 0.5) is 11.4 Å². The monoisotopic (exact) mass is 408 g/mol. The summed E-state index contributed by atoms with van der Waals surface area (Å²) in [5, 5.41) is 2.84. The number of carbonyl (C=O) groups is 2. The van der Waals surface area contributed by atoms with Gasteiger partial charge in [-0.25, -0.2) is 0 Å². The van der Waals surface area contributed by atoms with Gasteiger partial charge in [0.05, 0.1) is 13.7 Å². The Morgan fingerprint density at radius 1 is 1.20 bits per heavy atom. The van der Waals surface area contributed by atoms with E-state index in [9.17, 15) is 9.59 Å². The molecule has 0 atom stereocenters. The lowest BCUT2D eigenvalue weighted by atomic mass is 10.2. The molecule has 3 rings (SSSR count). The van der Waals surface area contributed by atoms with Gasteiger partial charge in [-0.2, -0.15) is 0 Å². The fourth-order valence-electron chi connectivity index (χ4n) is 3.19. The van der Waals surface area contributed by atoms with Crippen LogP contribution in [0.25, 0.3) is 6.08 Å². The summed E-state index contributed by atoms with van der Waals surface area (Å²) in [6.07, 6.45) is 4.63. The number of methoxy groups -OCH3 is 1. The molecule has 158 valence electrons. The molecule has 6 nitrogen and oxygen atoms in total. The van der Waals surface area contributed by atoms with Crippen molar-refractivity contribution in [2.75, 3.05) is 30.5 Å². The summed E-state index contributed by atoms with van der Waals surface area (Å²) in [6, 6.07) is 12.9. The summed E-state index contributed by atoms with van der Waals surface area (Å²) in [4.78, 5) is 26.0. The van der Waals surface area contributed by atoms with Crippen molar-refractivity contribution in [3.8, 4) is 11.5 Å². The lowest BCUT2D eigenvalue weighted by Gasteiger charge is -2.16. The number of nitrogens with one attached hydrogen (secondary N) is 1. The number of benzene rings is 2. The van der Waals surface area contributed by atoms with Gasteiger partial charge < -0.3 is 19.7 Å². The SMILES string of the molecule is COc1cc(/C=C/C(=O)Nc2cccc(N3CCCC3=O)c2)ccc1OCC(C)C. The van der Waals surface area contributed by atoms with Crippen molar-refractivity contribution in [1.29, 1.82) is 0 Å². The predicted molar refractivity (Wildman–Crippen MR) is 119 cm³/mol. The molecule has 2 aromatic carbocycles. The molecule has 30 heavy (non-hydrogen) atoms. The quantitative estimate of drug-likeness (QED) is 0.653. The van der Waals surface area contributed by atoms with Crippen LogP contribution in [0.1, 0.15) is 32.3 Å². The number of nitrogens with zero attached hydrogens (tertiary/aromatic N) is 1. The van der Waals surface area contributed by atoms with E-state index < -0.39 is 0 Å². The molecule has 1 heterocycles. The van der Waals surface area contributed by atoms with E-state index in [4.69, 9.17) is 9.47 Å². The molecule has 2 amide bonds. The molecule has 1 saturated heterocycles. The van der Waals surface area contributed by atoms with Crippen LogP contribution in [0.2, 0.25) is 0 Å². The molecule has 0 radical (unpaired) electrons. The maximum Gasteiger partial charge on any atom is 0.248 e. The van der Waals surface area contributed by atoms with Crippen LogP contribution in [0.5, 0.6) is 11.5 Å². The number of ether oxygens (including phenoxy) is 2. The van der Waals surface area contributed by atoms with Crippen LogP contribution in [0.3, 0.4) is 0 Å². The van der Waals surface area contributed by atoms with E-state index in [1.54, 1.807) is 24.2 Å². The van der Waals surface area contributed by atoms with Crippen molar-refractivity contribution in [2.24, 2.45) is 5.92 Å². The van der Waals surface area contributed by atoms with Crippen molar-refractivity contribution in [1.82, 2.24) is 0 Å². The van der Waals surface area contributed by atoms with E-state index in [-0.39, 0.29) is 11.8 Å². The zero-order chi connectivity index (χ0) is 21.5. The average Bonchev–Trinajstić information content (AvgIpc) is 3.17. The van der Waals surface area contributed by atoms with Crippen LogP contribution in [-0.2, 0) is 9.59 Å². The molecule has 0 spiro atoms. The molecule has 0 bridgehead atoms. The van der Waals surface area contributed by atoms with Gasteiger partial charge in [0.15, 0.2) is 11.5 Å². The summed E-state index contributed by atoms with van der Waals surface area (Å²) < 4.78 is 11.2. The first kappa shape index (κ1) is 21.4. The molecule has 6 heteroatoms. The standard InChI is InChI=1S/C24H28N2O4/c1-17(2)16-30-21-11-9-18(14-22(21)29-3)10-12-23(27)25-19-6-4-7-20(15-19)26-13-5-8-24(26)28/h4,6-7,9-12,14-15,17H,5,8,13,16H2,1-3H3,(H,25,27)/b12-10+. The maximum absolute atomic E-state index is 12.3. The summed E-state index contributed by atoms with van der Waals surface area (Å²) in [6.45, 7) is 5.49. The number of hydrogen-bond donors (Lipinski definition) is 1. The molecule has 2 aromatic rings. The topological polar surface area (TPSA) is 67.9 Å². The van der Waals surface area contributed by atoms with Gasteiger partial charge in [-0.15, -0.1) is 0 Å². The molecule has 1 fully saturated rings.